The quantitative estimate of drug-likeness (QED) is 0.474. The number of rotatable bonds is 2. The molecule has 0 aromatic heterocycles. The summed E-state index contributed by atoms with van der Waals surface area (Å²) >= 11 is 0. The van der Waals surface area contributed by atoms with Gasteiger partial charge in [0, 0.05) is 7.11 Å². The topological polar surface area (TPSA) is 84.9 Å². The van der Waals surface area contributed by atoms with Crippen molar-refractivity contribution < 1.29 is 19.7 Å². The highest BCUT2D eigenvalue weighted by Crippen LogP contribution is 2.18. The van der Waals surface area contributed by atoms with Gasteiger partial charge < -0.3 is 25.4 Å². The lowest BCUT2D eigenvalue weighted by Gasteiger charge is -2.36. The van der Waals surface area contributed by atoms with E-state index in [0.717, 1.165) is 0 Å². The van der Waals surface area contributed by atoms with E-state index in [0.29, 0.717) is 6.42 Å². The molecule has 5 nitrogen and oxygen atoms in total. The third kappa shape index (κ3) is 1.94. The van der Waals surface area contributed by atoms with Crippen molar-refractivity contribution in [1.82, 2.24) is 0 Å². The van der Waals surface area contributed by atoms with E-state index >= 15 is 0 Å². The highest BCUT2D eigenvalue weighted by molar-refractivity contribution is 4.82. The largest absolute Gasteiger partial charge is 0.394 e. The Bertz CT molecular complexity index is 129. The Morgan fingerprint density at radius 2 is 2.33 bits per heavy atom. The van der Waals surface area contributed by atoms with E-state index in [1.807, 2.05) is 0 Å². The van der Waals surface area contributed by atoms with Crippen LogP contribution < -0.4 is 5.73 Å². The van der Waals surface area contributed by atoms with Crippen LogP contribution in [-0.2, 0) is 9.47 Å². The summed E-state index contributed by atoms with van der Waals surface area (Å²) in [4.78, 5) is 0. The second-order valence-electron chi connectivity index (χ2n) is 2.93. The van der Waals surface area contributed by atoms with E-state index in [1.54, 1.807) is 0 Å². The summed E-state index contributed by atoms with van der Waals surface area (Å²) in [5.41, 5.74) is 5.61. The number of methoxy groups -OCH3 is 1. The maximum absolute atomic E-state index is 9.33. The molecule has 1 aliphatic heterocycles. The molecule has 12 heavy (non-hydrogen) atoms. The van der Waals surface area contributed by atoms with Crippen molar-refractivity contribution in [1.29, 1.82) is 0 Å². The van der Waals surface area contributed by atoms with Crippen LogP contribution in [0.15, 0.2) is 0 Å². The molecular weight excluding hydrogens is 162 g/mol. The third-order valence-electron chi connectivity index (χ3n) is 2.01. The minimum atomic E-state index is -0.698. The fraction of sp³-hybridized carbons (Fsp3) is 1.00. The average Bonchev–Trinajstić information content (AvgIpc) is 2.05. The molecule has 0 unspecified atom stereocenters. The monoisotopic (exact) mass is 177 g/mol. The zero-order valence-electron chi connectivity index (χ0n) is 7.01. The molecule has 0 aromatic carbocycles. The van der Waals surface area contributed by atoms with E-state index in [-0.39, 0.29) is 12.6 Å². The van der Waals surface area contributed by atoms with Crippen molar-refractivity contribution in [3.05, 3.63) is 0 Å². The molecule has 5 heteroatoms. The summed E-state index contributed by atoms with van der Waals surface area (Å²) in [5.74, 6) is 0. The standard InChI is InChI=1S/C7H15NO4/c1-11-7-4(8)2-5(10)6(3-9)12-7/h4-7,9-10H,2-3,8H2,1H3/t4-,5-,6+,7-/m0/s1. The molecule has 0 aromatic rings. The van der Waals surface area contributed by atoms with Crippen LogP contribution in [0.3, 0.4) is 0 Å². The maximum Gasteiger partial charge on any atom is 0.172 e. The van der Waals surface area contributed by atoms with Crippen LogP contribution in [0.25, 0.3) is 0 Å². The first-order chi connectivity index (χ1) is 5.69. The first-order valence-electron chi connectivity index (χ1n) is 3.91. The van der Waals surface area contributed by atoms with E-state index in [4.69, 9.17) is 20.3 Å². The number of hydrogen-bond acceptors (Lipinski definition) is 5. The zero-order chi connectivity index (χ0) is 9.14. The molecule has 1 aliphatic rings. The van der Waals surface area contributed by atoms with Crippen LogP contribution >= 0.6 is 0 Å². The van der Waals surface area contributed by atoms with Crippen molar-refractivity contribution in [3.8, 4) is 0 Å². The van der Waals surface area contributed by atoms with Gasteiger partial charge in [0.05, 0.1) is 18.8 Å². The zero-order valence-corrected chi connectivity index (χ0v) is 7.01. The Morgan fingerprint density at radius 1 is 1.67 bits per heavy atom. The Hall–Kier alpha value is -0.200. The van der Waals surface area contributed by atoms with Crippen molar-refractivity contribution in [2.75, 3.05) is 13.7 Å². The molecule has 1 saturated heterocycles. The lowest BCUT2D eigenvalue weighted by molar-refractivity contribution is -0.227. The number of aliphatic hydroxyl groups excluding tert-OH is 2. The Labute approximate surface area is 71.1 Å². The Balaban J connectivity index is 2.50. The first kappa shape index (κ1) is 9.88. The summed E-state index contributed by atoms with van der Waals surface area (Å²) in [6, 6.07) is -0.326. The van der Waals surface area contributed by atoms with Gasteiger partial charge in [-0.15, -0.1) is 0 Å². The van der Waals surface area contributed by atoms with Crippen LogP contribution in [0.4, 0.5) is 0 Å². The number of aliphatic hydroxyl groups is 2. The molecule has 1 heterocycles. The predicted octanol–water partition coefficient (Wildman–Crippen LogP) is -1.57. The molecular formula is C7H15NO4. The summed E-state index contributed by atoms with van der Waals surface area (Å²) in [5, 5.41) is 18.1. The molecule has 72 valence electrons. The average molecular weight is 177 g/mol. The lowest BCUT2D eigenvalue weighted by Crippen LogP contribution is -2.52. The van der Waals surface area contributed by atoms with E-state index < -0.39 is 18.5 Å². The molecule has 0 amide bonds. The second-order valence-corrected chi connectivity index (χ2v) is 2.93. The molecule has 0 aliphatic carbocycles. The summed E-state index contributed by atoms with van der Waals surface area (Å²) in [6.45, 7) is -0.215. The van der Waals surface area contributed by atoms with Crippen LogP contribution in [0, 0.1) is 0 Å². The fourth-order valence-corrected chi connectivity index (χ4v) is 1.30. The third-order valence-corrected chi connectivity index (χ3v) is 2.01. The minimum Gasteiger partial charge on any atom is -0.394 e. The van der Waals surface area contributed by atoms with Gasteiger partial charge in [0.25, 0.3) is 0 Å². The van der Waals surface area contributed by atoms with E-state index in [2.05, 4.69) is 0 Å². The van der Waals surface area contributed by atoms with Gasteiger partial charge in [-0.05, 0) is 6.42 Å². The predicted molar refractivity (Wildman–Crippen MR) is 41.4 cm³/mol. The van der Waals surface area contributed by atoms with Crippen molar-refractivity contribution in [2.24, 2.45) is 5.73 Å². The minimum absolute atomic E-state index is 0.215. The number of hydrogen-bond donors (Lipinski definition) is 3. The highest BCUT2D eigenvalue weighted by atomic mass is 16.7. The van der Waals surface area contributed by atoms with Gasteiger partial charge in [-0.2, -0.15) is 0 Å². The molecule has 4 atom stereocenters. The molecule has 1 fully saturated rings. The van der Waals surface area contributed by atoms with Gasteiger partial charge >= 0.3 is 0 Å². The van der Waals surface area contributed by atoms with Crippen molar-refractivity contribution >= 4 is 0 Å². The molecule has 0 saturated carbocycles. The summed E-state index contributed by atoms with van der Waals surface area (Å²) < 4.78 is 10.1. The van der Waals surface area contributed by atoms with Crippen LogP contribution in [0.5, 0.6) is 0 Å². The summed E-state index contributed by atoms with van der Waals surface area (Å²) in [6.07, 6.45) is -1.40. The fourth-order valence-electron chi connectivity index (χ4n) is 1.30. The Morgan fingerprint density at radius 3 is 2.83 bits per heavy atom. The molecule has 4 N–H and O–H groups in total. The number of nitrogens with two attached hydrogens (primary N) is 1. The summed E-state index contributed by atoms with van der Waals surface area (Å²) in [7, 11) is 1.48. The maximum atomic E-state index is 9.33. The van der Waals surface area contributed by atoms with Gasteiger partial charge in [-0.1, -0.05) is 0 Å². The smallest absolute Gasteiger partial charge is 0.172 e. The van der Waals surface area contributed by atoms with E-state index in [1.165, 1.54) is 7.11 Å². The first-order valence-corrected chi connectivity index (χ1v) is 3.91. The van der Waals surface area contributed by atoms with E-state index in [9.17, 15) is 5.11 Å². The van der Waals surface area contributed by atoms with Crippen molar-refractivity contribution in [3.63, 3.8) is 0 Å². The van der Waals surface area contributed by atoms with Gasteiger partial charge in [-0.3, -0.25) is 0 Å². The normalized spacial score (nSPS) is 43.0. The lowest BCUT2D eigenvalue weighted by atomic mass is 10.0. The van der Waals surface area contributed by atoms with Crippen LogP contribution in [-0.4, -0.2) is 48.5 Å². The Kier molecular flexibility index (Phi) is 3.42. The van der Waals surface area contributed by atoms with Gasteiger partial charge in [0.15, 0.2) is 6.29 Å². The molecule has 0 radical (unpaired) electrons. The molecule has 0 bridgehead atoms. The molecule has 0 spiro atoms. The second kappa shape index (κ2) is 4.15. The van der Waals surface area contributed by atoms with Gasteiger partial charge in [-0.25, -0.2) is 0 Å². The van der Waals surface area contributed by atoms with Crippen LogP contribution in [0.1, 0.15) is 6.42 Å². The van der Waals surface area contributed by atoms with Crippen LogP contribution in [0.2, 0.25) is 0 Å². The highest BCUT2D eigenvalue weighted by Gasteiger charge is 2.34. The number of ether oxygens (including phenoxy) is 2. The van der Waals surface area contributed by atoms with Gasteiger partial charge in [0.1, 0.15) is 6.10 Å². The van der Waals surface area contributed by atoms with Crippen molar-refractivity contribution in [2.45, 2.75) is 31.0 Å². The molecule has 1 rings (SSSR count). The SMILES string of the molecule is CO[C@H]1O[C@H](CO)[C@@H](O)C[C@@H]1N. The van der Waals surface area contributed by atoms with Gasteiger partial charge in [0.2, 0.25) is 0 Å².